The summed E-state index contributed by atoms with van der Waals surface area (Å²) < 4.78 is 16.5. The molecule has 0 atom stereocenters. The highest BCUT2D eigenvalue weighted by atomic mass is 35.5. The molecule has 1 heterocycles. The average molecular weight is 319 g/mol. The summed E-state index contributed by atoms with van der Waals surface area (Å²) in [4.78, 5) is 12.2. The molecule has 1 aliphatic rings. The summed E-state index contributed by atoms with van der Waals surface area (Å²) in [6, 6.07) is 10.4. The van der Waals surface area contributed by atoms with Crippen molar-refractivity contribution in [3.63, 3.8) is 0 Å². The van der Waals surface area contributed by atoms with E-state index in [1.54, 1.807) is 36.4 Å². The molecule has 114 valence electrons. The number of aryl methyl sites for hydroxylation is 1. The summed E-state index contributed by atoms with van der Waals surface area (Å²) in [6.07, 6.45) is 0. The van der Waals surface area contributed by atoms with Gasteiger partial charge >= 0.3 is 0 Å². The number of Topliss-reactive ketones (excluding diaryl/α,β-unsaturated/α-hetero) is 1. The SMILES string of the molecule is Cc1cc(Cl)ccc1OCC(=O)c1ccc2c(c1)OCCO2. The molecule has 0 radical (unpaired) electrons. The number of ether oxygens (including phenoxy) is 3. The first kappa shape index (κ1) is 14.7. The summed E-state index contributed by atoms with van der Waals surface area (Å²) in [5, 5.41) is 0.642. The van der Waals surface area contributed by atoms with Gasteiger partial charge in [-0.3, -0.25) is 4.79 Å². The van der Waals surface area contributed by atoms with Crippen LogP contribution in [0.15, 0.2) is 36.4 Å². The lowest BCUT2D eigenvalue weighted by molar-refractivity contribution is 0.0920. The van der Waals surface area contributed by atoms with Gasteiger partial charge in [-0.25, -0.2) is 0 Å². The van der Waals surface area contributed by atoms with Crippen LogP contribution in [0.5, 0.6) is 17.2 Å². The third-order valence-corrected chi connectivity index (χ3v) is 3.59. The molecule has 1 aliphatic heterocycles. The van der Waals surface area contributed by atoms with E-state index < -0.39 is 0 Å². The molecule has 2 aromatic rings. The van der Waals surface area contributed by atoms with Crippen LogP contribution in [-0.2, 0) is 0 Å². The van der Waals surface area contributed by atoms with Gasteiger partial charge < -0.3 is 14.2 Å². The number of halogens is 1. The van der Waals surface area contributed by atoms with Crippen molar-refractivity contribution < 1.29 is 19.0 Å². The Morgan fingerprint density at radius 3 is 2.68 bits per heavy atom. The summed E-state index contributed by atoms with van der Waals surface area (Å²) in [7, 11) is 0. The molecule has 0 aliphatic carbocycles. The maximum Gasteiger partial charge on any atom is 0.200 e. The van der Waals surface area contributed by atoms with E-state index in [-0.39, 0.29) is 12.4 Å². The third kappa shape index (κ3) is 3.17. The highest BCUT2D eigenvalue weighted by Gasteiger charge is 2.15. The van der Waals surface area contributed by atoms with E-state index >= 15 is 0 Å². The Bertz CT molecular complexity index is 712. The van der Waals surface area contributed by atoms with Crippen molar-refractivity contribution in [2.24, 2.45) is 0 Å². The summed E-state index contributed by atoms with van der Waals surface area (Å²) in [6.45, 7) is 2.86. The number of hydrogen-bond acceptors (Lipinski definition) is 4. The van der Waals surface area contributed by atoms with Gasteiger partial charge in [0.2, 0.25) is 0 Å². The molecule has 0 bridgehead atoms. The van der Waals surface area contributed by atoms with Crippen LogP contribution in [0.4, 0.5) is 0 Å². The molecule has 0 spiro atoms. The number of carbonyl (C=O) groups is 1. The minimum atomic E-state index is -0.119. The van der Waals surface area contributed by atoms with Crippen molar-refractivity contribution in [2.75, 3.05) is 19.8 Å². The summed E-state index contributed by atoms with van der Waals surface area (Å²) in [5.41, 5.74) is 1.43. The fourth-order valence-corrected chi connectivity index (χ4v) is 2.44. The molecule has 3 rings (SSSR count). The van der Waals surface area contributed by atoms with Crippen LogP contribution < -0.4 is 14.2 Å². The fourth-order valence-electron chi connectivity index (χ4n) is 2.22. The van der Waals surface area contributed by atoms with E-state index in [1.807, 2.05) is 6.92 Å². The first-order valence-corrected chi connectivity index (χ1v) is 7.33. The minimum absolute atomic E-state index is 0.0396. The van der Waals surface area contributed by atoms with Crippen LogP contribution in [-0.4, -0.2) is 25.6 Å². The quantitative estimate of drug-likeness (QED) is 0.807. The van der Waals surface area contributed by atoms with Crippen molar-refractivity contribution in [1.29, 1.82) is 0 Å². The molecule has 0 aromatic heterocycles. The maximum atomic E-state index is 12.2. The molecular weight excluding hydrogens is 304 g/mol. The van der Waals surface area contributed by atoms with Crippen LogP contribution in [0.2, 0.25) is 5.02 Å². The van der Waals surface area contributed by atoms with Gasteiger partial charge in [0.05, 0.1) is 0 Å². The van der Waals surface area contributed by atoms with Gasteiger partial charge in [-0.15, -0.1) is 0 Å². The lowest BCUT2D eigenvalue weighted by Crippen LogP contribution is -2.17. The highest BCUT2D eigenvalue weighted by Crippen LogP contribution is 2.31. The molecule has 0 fully saturated rings. The predicted octanol–water partition coefficient (Wildman–Crippen LogP) is 3.68. The van der Waals surface area contributed by atoms with E-state index in [4.69, 9.17) is 25.8 Å². The normalized spacial score (nSPS) is 12.8. The first-order valence-electron chi connectivity index (χ1n) is 6.95. The fraction of sp³-hybridized carbons (Fsp3) is 0.235. The average Bonchev–Trinajstić information content (AvgIpc) is 2.53. The number of fused-ring (bicyclic) bond motifs is 1. The Morgan fingerprint density at radius 2 is 1.91 bits per heavy atom. The molecule has 0 saturated carbocycles. The summed E-state index contributed by atoms with van der Waals surface area (Å²) >= 11 is 5.89. The van der Waals surface area contributed by atoms with Gasteiger partial charge in [-0.2, -0.15) is 0 Å². The minimum Gasteiger partial charge on any atom is -0.486 e. The molecule has 5 heteroatoms. The van der Waals surface area contributed by atoms with Gasteiger partial charge in [-0.05, 0) is 48.9 Å². The molecule has 22 heavy (non-hydrogen) atoms. The Kier molecular flexibility index (Phi) is 4.20. The zero-order valence-electron chi connectivity index (χ0n) is 12.1. The van der Waals surface area contributed by atoms with Crippen molar-refractivity contribution >= 4 is 17.4 Å². The standard InChI is InChI=1S/C17H15ClO4/c1-11-8-13(18)3-5-15(11)22-10-14(19)12-2-4-16-17(9-12)21-7-6-20-16/h2-5,8-9H,6-7,10H2,1H3. The van der Waals surface area contributed by atoms with Crippen molar-refractivity contribution in [3.05, 3.63) is 52.5 Å². The monoisotopic (exact) mass is 318 g/mol. The lowest BCUT2D eigenvalue weighted by Gasteiger charge is -2.18. The second-order valence-corrected chi connectivity index (χ2v) is 5.42. The zero-order valence-corrected chi connectivity index (χ0v) is 12.9. The van der Waals surface area contributed by atoms with Gasteiger partial charge in [0.15, 0.2) is 23.9 Å². The second kappa shape index (κ2) is 6.28. The largest absolute Gasteiger partial charge is 0.486 e. The first-order chi connectivity index (χ1) is 10.6. The smallest absolute Gasteiger partial charge is 0.200 e. The van der Waals surface area contributed by atoms with Gasteiger partial charge in [0.1, 0.15) is 19.0 Å². The molecule has 4 nitrogen and oxygen atoms in total. The van der Waals surface area contributed by atoms with Gasteiger partial charge in [0.25, 0.3) is 0 Å². The van der Waals surface area contributed by atoms with Crippen molar-refractivity contribution in [2.45, 2.75) is 6.92 Å². The molecule has 0 saturated heterocycles. The number of rotatable bonds is 4. The van der Waals surface area contributed by atoms with Gasteiger partial charge in [0, 0.05) is 10.6 Å². The van der Waals surface area contributed by atoms with E-state index in [2.05, 4.69) is 0 Å². The number of ketones is 1. The van der Waals surface area contributed by atoms with Crippen LogP contribution in [0, 0.1) is 6.92 Å². The highest BCUT2D eigenvalue weighted by molar-refractivity contribution is 6.30. The van der Waals surface area contributed by atoms with E-state index in [0.29, 0.717) is 41.0 Å². The lowest BCUT2D eigenvalue weighted by atomic mass is 10.1. The molecule has 2 aromatic carbocycles. The Balaban J connectivity index is 1.69. The van der Waals surface area contributed by atoms with Crippen molar-refractivity contribution in [3.8, 4) is 17.2 Å². The van der Waals surface area contributed by atoms with Crippen LogP contribution in [0.1, 0.15) is 15.9 Å². The molecular formula is C17H15ClO4. The van der Waals surface area contributed by atoms with E-state index in [9.17, 15) is 4.79 Å². The van der Waals surface area contributed by atoms with E-state index in [0.717, 1.165) is 5.56 Å². The van der Waals surface area contributed by atoms with Crippen LogP contribution in [0.3, 0.4) is 0 Å². The van der Waals surface area contributed by atoms with Gasteiger partial charge in [-0.1, -0.05) is 11.6 Å². The number of benzene rings is 2. The zero-order chi connectivity index (χ0) is 15.5. The molecule has 0 N–H and O–H groups in total. The Morgan fingerprint density at radius 1 is 1.14 bits per heavy atom. The molecule has 0 unspecified atom stereocenters. The number of carbonyl (C=O) groups excluding carboxylic acids is 1. The van der Waals surface area contributed by atoms with Crippen LogP contribution >= 0.6 is 11.6 Å². The number of hydrogen-bond donors (Lipinski definition) is 0. The molecule has 0 amide bonds. The third-order valence-electron chi connectivity index (χ3n) is 3.36. The topological polar surface area (TPSA) is 44.8 Å². The Labute approximate surface area is 133 Å². The summed E-state index contributed by atoms with van der Waals surface area (Å²) in [5.74, 6) is 1.79. The second-order valence-electron chi connectivity index (χ2n) is 4.98. The van der Waals surface area contributed by atoms with Crippen molar-refractivity contribution in [1.82, 2.24) is 0 Å². The van der Waals surface area contributed by atoms with E-state index in [1.165, 1.54) is 0 Å². The maximum absolute atomic E-state index is 12.2. The predicted molar refractivity (Wildman–Crippen MR) is 83.4 cm³/mol. The Hall–Kier alpha value is -2.20. The van der Waals surface area contributed by atoms with Crippen LogP contribution in [0.25, 0.3) is 0 Å².